The normalized spacial score (nSPS) is 11.0. The Morgan fingerprint density at radius 1 is 0.848 bits per heavy atom. The largest absolute Gasteiger partial charge is 0.478 e. The number of nitrogens with one attached hydrogen (secondary N) is 1. The zero-order valence-electron chi connectivity index (χ0n) is 23.2. The average Bonchev–Trinajstić information content (AvgIpc) is 3.38. The van der Waals surface area contributed by atoms with E-state index < -0.39 is 23.1 Å². The van der Waals surface area contributed by atoms with Gasteiger partial charge in [-0.25, -0.2) is 9.59 Å². The monoisotopic (exact) mass is 675 g/mol. The highest BCUT2D eigenvalue weighted by molar-refractivity contribution is 7.18. The third-order valence-corrected chi connectivity index (χ3v) is 8.42. The van der Waals surface area contributed by atoms with Crippen LogP contribution >= 0.6 is 34.5 Å². The SMILES string of the molecule is O=C(O)c1cccc(Oc2cccc(-c3nnc(N(Cc4ccc(Nn5c(=O)c5=O)c(C(=O)O)c4)c4ccc(Cl)c(Cl)c4)s3)c2)c1. The summed E-state index contributed by atoms with van der Waals surface area (Å²) in [6.07, 6.45) is 0. The van der Waals surface area contributed by atoms with Crippen molar-refractivity contribution in [2.75, 3.05) is 10.3 Å². The third-order valence-electron chi connectivity index (χ3n) is 6.68. The van der Waals surface area contributed by atoms with Gasteiger partial charge in [0.2, 0.25) is 5.13 Å². The number of carboxylic acid groups (broad SMARTS) is 2. The Hall–Kier alpha value is -5.50. The van der Waals surface area contributed by atoms with Crippen LogP contribution in [0.5, 0.6) is 11.5 Å². The second-order valence-electron chi connectivity index (χ2n) is 9.78. The summed E-state index contributed by atoms with van der Waals surface area (Å²) >= 11 is 13.8. The molecule has 0 atom stereocenters. The second kappa shape index (κ2) is 12.5. The first kappa shape index (κ1) is 30.5. The van der Waals surface area contributed by atoms with Crippen LogP contribution in [0.4, 0.5) is 16.5 Å². The van der Waals surface area contributed by atoms with Gasteiger partial charge in [0.25, 0.3) is 0 Å². The Morgan fingerprint density at radius 2 is 1.59 bits per heavy atom. The van der Waals surface area contributed by atoms with Crippen LogP contribution in [0.25, 0.3) is 10.6 Å². The van der Waals surface area contributed by atoms with Gasteiger partial charge in [0, 0.05) is 11.3 Å². The lowest BCUT2D eigenvalue weighted by Crippen LogP contribution is -2.17. The van der Waals surface area contributed by atoms with Gasteiger partial charge in [-0.1, -0.05) is 58.8 Å². The van der Waals surface area contributed by atoms with Crippen molar-refractivity contribution in [3.63, 3.8) is 0 Å². The maximum Gasteiger partial charge on any atom is 0.340 e. The van der Waals surface area contributed by atoms with Gasteiger partial charge in [-0.15, -0.1) is 10.2 Å². The van der Waals surface area contributed by atoms with E-state index in [1.165, 1.54) is 35.6 Å². The molecule has 0 aliphatic heterocycles. The van der Waals surface area contributed by atoms with E-state index in [0.717, 1.165) is 4.68 Å². The van der Waals surface area contributed by atoms with Gasteiger partial charge in [-0.05, 0) is 66.2 Å². The lowest BCUT2D eigenvalue weighted by atomic mass is 10.1. The summed E-state index contributed by atoms with van der Waals surface area (Å²) in [4.78, 5) is 48.0. The number of aromatic carboxylic acids is 2. The number of anilines is 3. The molecule has 0 unspecified atom stereocenters. The zero-order valence-corrected chi connectivity index (χ0v) is 25.5. The number of hydrogen-bond acceptors (Lipinski definition) is 10. The molecule has 3 N–H and O–H groups in total. The van der Waals surface area contributed by atoms with Gasteiger partial charge in [-0.3, -0.25) is 15.0 Å². The molecule has 0 saturated heterocycles. The van der Waals surface area contributed by atoms with E-state index in [9.17, 15) is 29.4 Å². The Balaban J connectivity index is 1.31. The van der Waals surface area contributed by atoms with Crippen molar-refractivity contribution in [1.82, 2.24) is 14.9 Å². The summed E-state index contributed by atoms with van der Waals surface area (Å²) in [6.45, 7) is 0.137. The van der Waals surface area contributed by atoms with Crippen molar-refractivity contribution in [2.45, 2.75) is 6.54 Å². The molecule has 0 radical (unpaired) electrons. The number of aromatic nitrogens is 3. The molecule has 0 amide bonds. The number of benzene rings is 4. The van der Waals surface area contributed by atoms with Gasteiger partial charge in [-0.2, -0.15) is 4.68 Å². The zero-order chi connectivity index (χ0) is 32.5. The highest BCUT2D eigenvalue weighted by Crippen LogP contribution is 2.38. The van der Waals surface area contributed by atoms with Crippen molar-refractivity contribution >= 4 is 63.0 Å². The van der Waals surface area contributed by atoms with Crippen LogP contribution < -0.4 is 26.2 Å². The topological polar surface area (TPSA) is 164 Å². The molecule has 0 saturated carbocycles. The first-order chi connectivity index (χ1) is 22.1. The molecule has 0 fully saturated rings. The van der Waals surface area contributed by atoms with Crippen LogP contribution in [0, 0.1) is 0 Å². The highest BCUT2D eigenvalue weighted by atomic mass is 35.5. The molecule has 46 heavy (non-hydrogen) atoms. The molecule has 12 nitrogen and oxygen atoms in total. The molecule has 2 heterocycles. The Bertz CT molecular complexity index is 2180. The molecule has 15 heteroatoms. The fraction of sp³-hybridized carbons (Fsp3) is 0.0323. The summed E-state index contributed by atoms with van der Waals surface area (Å²) < 4.78 is 6.62. The van der Waals surface area contributed by atoms with Crippen molar-refractivity contribution in [3.05, 3.63) is 132 Å². The molecule has 2 aromatic heterocycles. The van der Waals surface area contributed by atoms with Crippen molar-refractivity contribution in [2.24, 2.45) is 0 Å². The van der Waals surface area contributed by atoms with Gasteiger partial charge in [0.15, 0.2) is 0 Å². The van der Waals surface area contributed by atoms with E-state index in [2.05, 4.69) is 15.6 Å². The highest BCUT2D eigenvalue weighted by Gasteiger charge is 2.22. The molecule has 0 aliphatic rings. The maximum atomic E-state index is 12.1. The standard InChI is InChI=1S/C31H19Cl2N5O7S/c32-23-9-8-19(14-24(23)33)37(15-16-7-10-25(22(11-16)30(43)44)36-38-27(39)28(38)40)31-35-34-26(46-31)17-3-1-5-20(12-17)45-21-6-2-4-18(13-21)29(41)42/h1-14,36H,15H2,(H,41,42)(H,43,44). The minimum Gasteiger partial charge on any atom is -0.478 e. The number of nitrogens with zero attached hydrogens (tertiary/aromatic N) is 4. The Labute approximate surface area is 272 Å². The average molecular weight is 676 g/mol. The number of rotatable bonds is 11. The van der Waals surface area contributed by atoms with Crippen molar-refractivity contribution in [3.8, 4) is 22.1 Å². The van der Waals surface area contributed by atoms with Gasteiger partial charge < -0.3 is 19.8 Å². The Kier molecular flexibility index (Phi) is 8.28. The number of halogens is 2. The van der Waals surface area contributed by atoms with E-state index in [1.54, 1.807) is 59.5 Å². The van der Waals surface area contributed by atoms with Gasteiger partial charge >= 0.3 is 23.1 Å². The summed E-state index contributed by atoms with van der Waals surface area (Å²) in [5.74, 6) is -1.51. The van der Waals surface area contributed by atoms with Crippen LogP contribution in [0.1, 0.15) is 26.3 Å². The third kappa shape index (κ3) is 6.47. The summed E-state index contributed by atoms with van der Waals surface area (Å²) in [7, 11) is 0. The molecular weight excluding hydrogens is 657 g/mol. The van der Waals surface area contributed by atoms with Crippen LogP contribution in [-0.4, -0.2) is 37.0 Å². The molecule has 6 aromatic rings. The molecule has 6 rings (SSSR count). The maximum absolute atomic E-state index is 12.1. The second-order valence-corrected chi connectivity index (χ2v) is 11.6. The molecule has 0 bridgehead atoms. The lowest BCUT2D eigenvalue weighted by molar-refractivity contribution is 0.0686. The number of carboxylic acids is 2. The molecular formula is C31H19Cl2N5O7S. The summed E-state index contributed by atoms with van der Waals surface area (Å²) in [5.41, 5.74) is 2.87. The Morgan fingerprint density at radius 3 is 2.28 bits per heavy atom. The first-order valence-electron chi connectivity index (χ1n) is 13.3. The lowest BCUT2D eigenvalue weighted by Gasteiger charge is -2.22. The van der Waals surface area contributed by atoms with Crippen LogP contribution in [0.15, 0.2) is 94.5 Å². The molecule has 0 spiro atoms. The predicted molar refractivity (Wildman–Crippen MR) is 173 cm³/mol. The van der Waals surface area contributed by atoms with Crippen molar-refractivity contribution < 1.29 is 24.5 Å². The van der Waals surface area contributed by atoms with E-state index >= 15 is 0 Å². The van der Waals surface area contributed by atoms with Gasteiger partial charge in [0.1, 0.15) is 16.5 Å². The number of ether oxygens (including phenoxy) is 1. The first-order valence-corrected chi connectivity index (χ1v) is 14.8. The molecule has 0 aliphatic carbocycles. The smallest absolute Gasteiger partial charge is 0.340 e. The fourth-order valence-corrected chi connectivity index (χ4v) is 5.54. The van der Waals surface area contributed by atoms with Crippen LogP contribution in [-0.2, 0) is 6.54 Å². The predicted octanol–water partition coefficient (Wildman–Crippen LogP) is 6.31. The van der Waals surface area contributed by atoms with E-state index in [1.807, 2.05) is 6.07 Å². The summed E-state index contributed by atoms with van der Waals surface area (Å²) in [6, 6.07) is 22.8. The van der Waals surface area contributed by atoms with Gasteiger partial charge in [0.05, 0.1) is 33.4 Å². The quantitative estimate of drug-likeness (QED) is 0.132. The molecule has 4 aromatic carbocycles. The van der Waals surface area contributed by atoms with Crippen LogP contribution in [0.3, 0.4) is 0 Å². The molecule has 230 valence electrons. The number of carbonyl (C=O) groups is 2. The van der Waals surface area contributed by atoms with Crippen LogP contribution in [0.2, 0.25) is 10.0 Å². The van der Waals surface area contributed by atoms with Crippen molar-refractivity contribution in [1.29, 1.82) is 0 Å². The van der Waals surface area contributed by atoms with E-state index in [0.29, 0.717) is 48.5 Å². The minimum absolute atomic E-state index is 0.0755. The summed E-state index contributed by atoms with van der Waals surface area (Å²) in [5, 5.41) is 29.5. The number of hydrogen-bond donors (Lipinski definition) is 3. The van der Waals surface area contributed by atoms with E-state index in [-0.39, 0.29) is 23.4 Å². The van der Waals surface area contributed by atoms with E-state index in [4.69, 9.17) is 27.9 Å². The minimum atomic E-state index is -1.26. The fourth-order valence-electron chi connectivity index (χ4n) is 4.39.